The second-order valence-corrected chi connectivity index (χ2v) is 6.86. The van der Waals surface area contributed by atoms with Crippen molar-refractivity contribution in [3.63, 3.8) is 0 Å². The summed E-state index contributed by atoms with van der Waals surface area (Å²) < 4.78 is 13.0. The smallest absolute Gasteiger partial charge is 0.222 e. The summed E-state index contributed by atoms with van der Waals surface area (Å²) in [4.78, 5) is 11.3. The highest BCUT2D eigenvalue weighted by molar-refractivity contribution is 5.96. The van der Waals surface area contributed by atoms with Crippen LogP contribution in [0.15, 0.2) is 41.6 Å². The van der Waals surface area contributed by atoms with Crippen molar-refractivity contribution in [2.24, 2.45) is 5.18 Å². The van der Waals surface area contributed by atoms with Gasteiger partial charge in [-0.25, -0.2) is 0 Å². The van der Waals surface area contributed by atoms with Gasteiger partial charge in [-0.2, -0.15) is 0 Å². The van der Waals surface area contributed by atoms with Crippen molar-refractivity contribution >= 4 is 16.6 Å². The van der Waals surface area contributed by atoms with E-state index in [1.807, 2.05) is 37.3 Å². The Morgan fingerprint density at radius 1 is 1.14 bits per heavy atom. The fourth-order valence-corrected chi connectivity index (χ4v) is 3.45. The lowest BCUT2D eigenvalue weighted by Crippen LogP contribution is -2.03. The van der Waals surface area contributed by atoms with Gasteiger partial charge in [0.05, 0.1) is 25.8 Å². The molecule has 3 aromatic rings. The third kappa shape index (κ3) is 3.81. The van der Waals surface area contributed by atoms with Crippen LogP contribution >= 0.6 is 0 Å². The Bertz CT molecular complexity index is 978. The molecule has 3 rings (SSSR count). The number of unbranched alkanes of at least 4 members (excludes halogenated alkanes) is 2. The molecule has 0 fully saturated rings. The van der Waals surface area contributed by atoms with Gasteiger partial charge in [0.25, 0.3) is 0 Å². The lowest BCUT2D eigenvalue weighted by molar-refractivity contribution is 0.286. The molecule has 0 spiro atoms. The monoisotopic (exact) mass is 382 g/mol. The fraction of sp³-hybridized carbons (Fsp3) is 0.364. The largest absolute Gasteiger partial charge is 0.493 e. The molecule has 1 N–H and O–H groups in total. The van der Waals surface area contributed by atoms with Crippen LogP contribution in [0, 0.1) is 11.8 Å². The number of aromatic hydroxyl groups is 1. The lowest BCUT2D eigenvalue weighted by Gasteiger charge is -2.14. The van der Waals surface area contributed by atoms with Gasteiger partial charge in [-0.3, -0.25) is 0 Å². The van der Waals surface area contributed by atoms with E-state index in [1.54, 1.807) is 17.7 Å². The van der Waals surface area contributed by atoms with E-state index in [0.717, 1.165) is 35.9 Å². The van der Waals surface area contributed by atoms with Gasteiger partial charge in [-0.05, 0) is 41.8 Å². The Morgan fingerprint density at radius 3 is 2.68 bits per heavy atom. The summed E-state index contributed by atoms with van der Waals surface area (Å²) in [5.74, 6) is 1.23. The Kier molecular flexibility index (Phi) is 6.19. The summed E-state index contributed by atoms with van der Waals surface area (Å²) >= 11 is 0. The molecule has 0 bridgehead atoms. The second kappa shape index (κ2) is 8.78. The van der Waals surface area contributed by atoms with Crippen molar-refractivity contribution in [3.05, 3.63) is 52.4 Å². The molecule has 0 radical (unpaired) electrons. The molecule has 0 aliphatic heterocycles. The maximum absolute atomic E-state index is 11.3. The first kappa shape index (κ1) is 19.7. The predicted octanol–water partition coefficient (Wildman–Crippen LogP) is 5.68. The molecular formula is C22H26N2O4. The average molecular weight is 382 g/mol. The van der Waals surface area contributed by atoms with Crippen LogP contribution in [0.5, 0.6) is 17.4 Å². The molecule has 2 aromatic carbocycles. The summed E-state index contributed by atoms with van der Waals surface area (Å²) in [5.41, 5.74) is 2.76. The topological polar surface area (TPSA) is 73.0 Å². The van der Waals surface area contributed by atoms with Crippen LogP contribution in [0.4, 0.5) is 5.69 Å². The molecule has 0 amide bonds. The summed E-state index contributed by atoms with van der Waals surface area (Å²) in [6, 6.07) is 11.3. The quantitative estimate of drug-likeness (QED) is 0.382. The third-order valence-corrected chi connectivity index (χ3v) is 4.90. The van der Waals surface area contributed by atoms with Gasteiger partial charge in [0.15, 0.2) is 17.2 Å². The van der Waals surface area contributed by atoms with Gasteiger partial charge in [0, 0.05) is 5.39 Å². The number of hydrogen-bond acceptors (Lipinski definition) is 5. The van der Waals surface area contributed by atoms with E-state index >= 15 is 0 Å². The zero-order valence-corrected chi connectivity index (χ0v) is 16.6. The number of nitroso groups, excluding NO2 is 1. The van der Waals surface area contributed by atoms with E-state index in [-0.39, 0.29) is 11.6 Å². The van der Waals surface area contributed by atoms with Crippen molar-refractivity contribution in [1.29, 1.82) is 0 Å². The Morgan fingerprint density at radius 2 is 1.96 bits per heavy atom. The predicted molar refractivity (Wildman–Crippen MR) is 111 cm³/mol. The number of fused-ring (bicyclic) bond motifs is 1. The first-order valence-corrected chi connectivity index (χ1v) is 9.54. The number of ether oxygens (including phenoxy) is 2. The van der Waals surface area contributed by atoms with Crippen LogP contribution < -0.4 is 9.47 Å². The van der Waals surface area contributed by atoms with E-state index in [9.17, 15) is 10.0 Å². The fourth-order valence-electron chi connectivity index (χ4n) is 3.45. The molecule has 1 heterocycles. The zero-order valence-electron chi connectivity index (χ0n) is 16.6. The van der Waals surface area contributed by atoms with Gasteiger partial charge in [0.1, 0.15) is 0 Å². The van der Waals surface area contributed by atoms with Crippen molar-refractivity contribution in [3.8, 4) is 17.4 Å². The second-order valence-electron chi connectivity index (χ2n) is 6.86. The third-order valence-electron chi connectivity index (χ3n) is 4.90. The molecule has 148 valence electrons. The molecule has 6 heteroatoms. The van der Waals surface area contributed by atoms with Crippen LogP contribution in [0.1, 0.15) is 37.3 Å². The number of methoxy groups -OCH3 is 1. The number of nitrogens with zero attached hydrogens (tertiary/aromatic N) is 2. The van der Waals surface area contributed by atoms with E-state index in [0.29, 0.717) is 30.0 Å². The zero-order chi connectivity index (χ0) is 20.1. The molecule has 0 atom stereocenters. The van der Waals surface area contributed by atoms with Gasteiger partial charge in [-0.15, -0.1) is 4.91 Å². The molecular weight excluding hydrogens is 356 g/mol. The van der Waals surface area contributed by atoms with Crippen molar-refractivity contribution in [2.45, 2.75) is 39.7 Å². The highest BCUT2D eigenvalue weighted by Crippen LogP contribution is 2.40. The van der Waals surface area contributed by atoms with E-state index < -0.39 is 0 Å². The maximum Gasteiger partial charge on any atom is 0.222 e. The van der Waals surface area contributed by atoms with Gasteiger partial charge in [0.2, 0.25) is 5.88 Å². The first-order valence-electron chi connectivity index (χ1n) is 9.54. The van der Waals surface area contributed by atoms with Crippen LogP contribution in [0.25, 0.3) is 10.9 Å². The molecule has 0 saturated heterocycles. The summed E-state index contributed by atoms with van der Waals surface area (Å²) in [5, 5.41) is 14.2. The Hall–Kier alpha value is -3.02. The van der Waals surface area contributed by atoms with Crippen molar-refractivity contribution in [2.75, 3.05) is 13.7 Å². The average Bonchev–Trinajstić information content (AvgIpc) is 2.98. The van der Waals surface area contributed by atoms with Gasteiger partial charge < -0.3 is 19.1 Å². The Labute approximate surface area is 164 Å². The normalized spacial score (nSPS) is 11.0. The van der Waals surface area contributed by atoms with Crippen LogP contribution in [-0.4, -0.2) is 23.4 Å². The summed E-state index contributed by atoms with van der Waals surface area (Å²) in [6.07, 6.45) is 3.28. The van der Waals surface area contributed by atoms with E-state index in [1.165, 1.54) is 0 Å². The number of aryl methyl sites for hydroxylation is 1. The minimum atomic E-state index is -0.127. The molecule has 0 saturated carbocycles. The van der Waals surface area contributed by atoms with Crippen LogP contribution in [-0.2, 0) is 6.54 Å². The summed E-state index contributed by atoms with van der Waals surface area (Å²) in [6.45, 7) is 5.14. The molecule has 1 aromatic heterocycles. The van der Waals surface area contributed by atoms with Crippen molar-refractivity contribution < 1.29 is 14.6 Å². The van der Waals surface area contributed by atoms with E-state index in [2.05, 4.69) is 12.1 Å². The molecule has 0 aliphatic rings. The highest BCUT2D eigenvalue weighted by Gasteiger charge is 2.19. The molecule has 0 unspecified atom stereocenters. The number of rotatable bonds is 9. The number of hydrogen-bond donors (Lipinski definition) is 1. The van der Waals surface area contributed by atoms with Crippen molar-refractivity contribution in [1.82, 2.24) is 4.57 Å². The number of aromatic nitrogens is 1. The minimum Gasteiger partial charge on any atom is -0.493 e. The number of benzene rings is 2. The van der Waals surface area contributed by atoms with Gasteiger partial charge in [-0.1, -0.05) is 44.0 Å². The standard InChI is InChI=1S/C22H26N2O4/c1-4-5-6-12-28-18-11-10-16(13-19(18)27-3)14-24-21-15(2)8-7-9-17(21)20(23-26)22(24)25/h7-11,13,25H,4-6,12,14H2,1-3H3. The van der Waals surface area contributed by atoms with Gasteiger partial charge >= 0.3 is 0 Å². The summed E-state index contributed by atoms with van der Waals surface area (Å²) in [7, 11) is 1.61. The molecule has 6 nitrogen and oxygen atoms in total. The lowest BCUT2D eigenvalue weighted by atomic mass is 10.1. The maximum atomic E-state index is 11.3. The first-order chi connectivity index (χ1) is 13.6. The molecule has 0 aliphatic carbocycles. The SMILES string of the molecule is CCCCCOc1ccc(Cn2c(O)c(N=O)c3cccc(C)c32)cc1OC. The molecule has 28 heavy (non-hydrogen) atoms. The Balaban J connectivity index is 1.92. The minimum absolute atomic E-state index is 0.0709. The highest BCUT2D eigenvalue weighted by atomic mass is 16.5. The van der Waals surface area contributed by atoms with E-state index in [4.69, 9.17) is 9.47 Å². The number of para-hydroxylation sites is 1. The van der Waals surface area contributed by atoms with Crippen LogP contribution in [0.3, 0.4) is 0 Å². The van der Waals surface area contributed by atoms with Crippen LogP contribution in [0.2, 0.25) is 0 Å².